The number of nitrogens with one attached hydrogen (secondary N) is 2. The first-order valence-electron chi connectivity index (χ1n) is 6.31. The molecule has 0 radical (unpaired) electrons. The third-order valence-corrected chi connectivity index (χ3v) is 2.72. The second kappa shape index (κ2) is 7.67. The lowest BCUT2D eigenvalue weighted by Gasteiger charge is -2.23. The Kier molecular flexibility index (Phi) is 6.15. The van der Waals surface area contributed by atoms with Gasteiger partial charge in [0.2, 0.25) is 5.91 Å². The van der Waals surface area contributed by atoms with Gasteiger partial charge < -0.3 is 10.6 Å². The van der Waals surface area contributed by atoms with Crippen LogP contribution in [0, 0.1) is 5.92 Å². The maximum atomic E-state index is 11.8. The fourth-order valence-electron chi connectivity index (χ4n) is 1.81. The van der Waals surface area contributed by atoms with Crippen molar-refractivity contribution in [3.63, 3.8) is 0 Å². The van der Waals surface area contributed by atoms with Crippen LogP contribution in [0.1, 0.15) is 25.5 Å². The van der Waals surface area contributed by atoms with Crippen LogP contribution in [0.3, 0.4) is 0 Å². The van der Waals surface area contributed by atoms with E-state index in [2.05, 4.69) is 31.1 Å². The van der Waals surface area contributed by atoms with Crippen molar-refractivity contribution in [1.29, 1.82) is 0 Å². The van der Waals surface area contributed by atoms with Gasteiger partial charge in [-0.1, -0.05) is 50.3 Å². The fraction of sp³-hybridized carbons (Fsp3) is 0.400. The summed E-state index contributed by atoms with van der Waals surface area (Å²) in [5.74, 6) is 0.371. The van der Waals surface area contributed by atoms with Gasteiger partial charge in [0.25, 0.3) is 0 Å². The summed E-state index contributed by atoms with van der Waals surface area (Å²) >= 11 is 0. The summed E-state index contributed by atoms with van der Waals surface area (Å²) in [6, 6.07) is 10.1. The van der Waals surface area contributed by atoms with Gasteiger partial charge in [0.1, 0.15) is 0 Å². The highest BCUT2D eigenvalue weighted by molar-refractivity contribution is 5.78. The topological polar surface area (TPSA) is 41.1 Å². The molecular weight excluding hydrogens is 224 g/mol. The van der Waals surface area contributed by atoms with Crippen LogP contribution < -0.4 is 10.6 Å². The molecule has 0 aliphatic heterocycles. The molecule has 0 fully saturated rings. The molecule has 0 bridgehead atoms. The first-order chi connectivity index (χ1) is 8.65. The molecular formula is C15H22N2O. The van der Waals surface area contributed by atoms with Crippen molar-refractivity contribution >= 4 is 5.91 Å². The van der Waals surface area contributed by atoms with Crippen LogP contribution in [0.2, 0.25) is 0 Å². The van der Waals surface area contributed by atoms with E-state index in [4.69, 9.17) is 0 Å². The van der Waals surface area contributed by atoms with Crippen molar-refractivity contribution in [2.45, 2.75) is 19.9 Å². The van der Waals surface area contributed by atoms with E-state index in [0.29, 0.717) is 19.0 Å². The van der Waals surface area contributed by atoms with E-state index in [9.17, 15) is 4.79 Å². The minimum absolute atomic E-state index is 0.0133. The van der Waals surface area contributed by atoms with Crippen molar-refractivity contribution in [3.8, 4) is 0 Å². The number of hydrogen-bond donors (Lipinski definition) is 2. The highest BCUT2D eigenvalue weighted by Gasteiger charge is 2.17. The molecule has 1 unspecified atom stereocenters. The Morgan fingerprint density at radius 3 is 2.56 bits per heavy atom. The minimum atomic E-state index is 0.0133. The molecule has 3 heteroatoms. The molecule has 0 aliphatic carbocycles. The predicted octanol–water partition coefficient (Wildman–Crippen LogP) is 2.28. The molecule has 0 saturated carbocycles. The van der Waals surface area contributed by atoms with Gasteiger partial charge in [0.05, 0.1) is 12.6 Å². The Morgan fingerprint density at radius 1 is 1.33 bits per heavy atom. The summed E-state index contributed by atoms with van der Waals surface area (Å²) in [7, 11) is 0. The molecule has 1 aromatic rings. The molecule has 0 heterocycles. The van der Waals surface area contributed by atoms with Crippen molar-refractivity contribution in [2.75, 3.05) is 13.1 Å². The molecule has 0 aliphatic rings. The van der Waals surface area contributed by atoms with Crippen LogP contribution in [-0.4, -0.2) is 19.0 Å². The van der Waals surface area contributed by atoms with E-state index in [-0.39, 0.29) is 11.9 Å². The summed E-state index contributed by atoms with van der Waals surface area (Å²) in [5.41, 5.74) is 1.14. The van der Waals surface area contributed by atoms with Gasteiger partial charge in [-0.2, -0.15) is 0 Å². The number of benzene rings is 1. The highest BCUT2D eigenvalue weighted by atomic mass is 16.1. The van der Waals surface area contributed by atoms with Crippen LogP contribution in [0.4, 0.5) is 0 Å². The third kappa shape index (κ3) is 4.72. The number of rotatable bonds is 7. The number of amides is 1. The predicted molar refractivity (Wildman–Crippen MR) is 75.2 cm³/mol. The first kappa shape index (κ1) is 14.5. The second-order valence-corrected chi connectivity index (χ2v) is 4.62. The van der Waals surface area contributed by atoms with Crippen molar-refractivity contribution in [2.24, 2.45) is 5.92 Å². The van der Waals surface area contributed by atoms with Crippen LogP contribution in [0.25, 0.3) is 0 Å². The zero-order valence-electron chi connectivity index (χ0n) is 11.1. The molecule has 18 heavy (non-hydrogen) atoms. The molecule has 1 atom stereocenters. The second-order valence-electron chi connectivity index (χ2n) is 4.62. The van der Waals surface area contributed by atoms with Gasteiger partial charge in [-0.05, 0) is 11.5 Å². The van der Waals surface area contributed by atoms with Gasteiger partial charge in [-0.3, -0.25) is 4.79 Å². The zero-order chi connectivity index (χ0) is 13.4. The smallest absolute Gasteiger partial charge is 0.234 e. The number of carbonyl (C=O) groups excluding carboxylic acids is 1. The molecule has 0 spiro atoms. The van der Waals surface area contributed by atoms with Gasteiger partial charge in [0, 0.05) is 6.54 Å². The Balaban J connectivity index is 2.59. The van der Waals surface area contributed by atoms with Crippen molar-refractivity contribution in [1.82, 2.24) is 10.6 Å². The Morgan fingerprint density at radius 2 is 2.00 bits per heavy atom. The van der Waals surface area contributed by atoms with E-state index in [0.717, 1.165) is 5.56 Å². The molecule has 1 rings (SSSR count). The highest BCUT2D eigenvalue weighted by Crippen LogP contribution is 2.20. The average Bonchev–Trinajstić information content (AvgIpc) is 2.37. The van der Waals surface area contributed by atoms with Gasteiger partial charge in [-0.25, -0.2) is 0 Å². The Bertz CT molecular complexity index is 373. The molecule has 0 aromatic heterocycles. The monoisotopic (exact) mass is 246 g/mol. The maximum Gasteiger partial charge on any atom is 0.234 e. The van der Waals surface area contributed by atoms with Crippen LogP contribution in [0.15, 0.2) is 43.0 Å². The quantitative estimate of drug-likeness (QED) is 0.572. The lowest BCUT2D eigenvalue weighted by atomic mass is 9.96. The Hall–Kier alpha value is -1.61. The van der Waals surface area contributed by atoms with E-state index < -0.39 is 0 Å². The van der Waals surface area contributed by atoms with Crippen LogP contribution >= 0.6 is 0 Å². The number of hydrogen-bond acceptors (Lipinski definition) is 2. The first-order valence-corrected chi connectivity index (χ1v) is 6.31. The average molecular weight is 246 g/mol. The molecule has 98 valence electrons. The third-order valence-electron chi connectivity index (χ3n) is 2.72. The Labute approximate surface area is 109 Å². The number of carbonyl (C=O) groups is 1. The minimum Gasteiger partial charge on any atom is -0.348 e. The van der Waals surface area contributed by atoms with E-state index in [1.54, 1.807) is 6.08 Å². The lowest BCUT2D eigenvalue weighted by Crippen LogP contribution is -2.38. The van der Waals surface area contributed by atoms with Crippen molar-refractivity contribution in [3.05, 3.63) is 48.6 Å². The largest absolute Gasteiger partial charge is 0.348 e. The fourth-order valence-corrected chi connectivity index (χ4v) is 1.81. The molecule has 1 amide bonds. The lowest BCUT2D eigenvalue weighted by molar-refractivity contribution is -0.121. The van der Waals surface area contributed by atoms with Crippen LogP contribution in [-0.2, 0) is 4.79 Å². The zero-order valence-corrected chi connectivity index (χ0v) is 11.1. The van der Waals surface area contributed by atoms with E-state index in [1.165, 1.54) is 0 Å². The van der Waals surface area contributed by atoms with E-state index in [1.807, 2.05) is 30.3 Å². The summed E-state index contributed by atoms with van der Waals surface area (Å²) in [4.78, 5) is 11.8. The normalized spacial score (nSPS) is 12.2. The maximum absolute atomic E-state index is 11.8. The summed E-state index contributed by atoms with van der Waals surface area (Å²) < 4.78 is 0. The molecule has 0 saturated heterocycles. The molecule has 2 N–H and O–H groups in total. The van der Waals surface area contributed by atoms with Gasteiger partial charge in [-0.15, -0.1) is 6.58 Å². The van der Waals surface area contributed by atoms with Gasteiger partial charge in [0.15, 0.2) is 0 Å². The van der Waals surface area contributed by atoms with Gasteiger partial charge >= 0.3 is 0 Å². The summed E-state index contributed by atoms with van der Waals surface area (Å²) in [6.07, 6.45) is 1.74. The SMILES string of the molecule is C=CCNCC(=O)NC(c1ccccc1)C(C)C. The molecule has 3 nitrogen and oxygen atoms in total. The van der Waals surface area contributed by atoms with Crippen molar-refractivity contribution < 1.29 is 4.79 Å². The summed E-state index contributed by atoms with van der Waals surface area (Å²) in [5, 5.41) is 6.06. The molecule has 1 aromatic carbocycles. The van der Waals surface area contributed by atoms with Crippen LogP contribution in [0.5, 0.6) is 0 Å². The summed E-state index contributed by atoms with van der Waals surface area (Å²) in [6.45, 7) is 8.78. The standard InChI is InChI=1S/C15H22N2O/c1-4-10-16-11-14(18)17-15(12(2)3)13-8-6-5-7-9-13/h4-9,12,15-16H,1,10-11H2,2-3H3,(H,17,18). The van der Waals surface area contributed by atoms with E-state index >= 15 is 0 Å².